The Morgan fingerprint density at radius 3 is 2.71 bits per heavy atom. The lowest BCUT2D eigenvalue weighted by Gasteiger charge is -2.37. The minimum Gasteiger partial charge on any atom is -0.493 e. The summed E-state index contributed by atoms with van der Waals surface area (Å²) >= 11 is 0. The summed E-state index contributed by atoms with van der Waals surface area (Å²) in [6.45, 7) is 4.21. The van der Waals surface area contributed by atoms with Gasteiger partial charge >= 0.3 is 6.09 Å². The summed E-state index contributed by atoms with van der Waals surface area (Å²) in [5, 5.41) is 5.36. The molecule has 35 heavy (non-hydrogen) atoms. The van der Waals surface area contributed by atoms with Crippen molar-refractivity contribution < 1.29 is 14.3 Å². The fraction of sp³-hybridized carbons (Fsp3) is 0.320. The van der Waals surface area contributed by atoms with Crippen molar-refractivity contribution in [1.29, 1.82) is 0 Å². The van der Waals surface area contributed by atoms with Gasteiger partial charge in [-0.05, 0) is 32.2 Å². The Balaban J connectivity index is 1.57. The number of hydrogen-bond donors (Lipinski definition) is 0. The van der Waals surface area contributed by atoms with Crippen molar-refractivity contribution in [3.8, 4) is 34.0 Å². The number of piperazine rings is 1. The van der Waals surface area contributed by atoms with Crippen LogP contribution in [-0.2, 0) is 7.05 Å². The topological polar surface area (TPSA) is 98.5 Å². The molecule has 10 heteroatoms. The zero-order valence-corrected chi connectivity index (χ0v) is 20.2. The van der Waals surface area contributed by atoms with Crippen molar-refractivity contribution in [2.24, 2.45) is 7.05 Å². The van der Waals surface area contributed by atoms with Crippen LogP contribution < -0.4 is 9.47 Å². The molecular weight excluding hydrogens is 446 g/mol. The van der Waals surface area contributed by atoms with Crippen LogP contribution in [0.25, 0.3) is 33.4 Å². The van der Waals surface area contributed by atoms with E-state index in [-0.39, 0.29) is 6.04 Å². The minimum atomic E-state index is -0.404. The molecule has 10 nitrogen and oxygen atoms in total. The van der Waals surface area contributed by atoms with Crippen LogP contribution in [0.5, 0.6) is 11.5 Å². The van der Waals surface area contributed by atoms with Gasteiger partial charge in [0.2, 0.25) is 0 Å². The fourth-order valence-corrected chi connectivity index (χ4v) is 4.46. The molecule has 5 rings (SSSR count). The van der Waals surface area contributed by atoms with E-state index in [4.69, 9.17) is 9.47 Å². The lowest BCUT2D eigenvalue weighted by molar-refractivity contribution is 0.0886. The largest absolute Gasteiger partial charge is 0.493 e. The van der Waals surface area contributed by atoms with Crippen molar-refractivity contribution in [2.75, 3.05) is 33.8 Å². The average molecular weight is 474 g/mol. The molecule has 1 aliphatic rings. The summed E-state index contributed by atoms with van der Waals surface area (Å²) in [6, 6.07) is 7.39. The second kappa shape index (κ2) is 9.30. The van der Waals surface area contributed by atoms with E-state index in [0.717, 1.165) is 35.3 Å². The number of nitrogens with zero attached hydrogens (tertiary/aromatic N) is 7. The number of carbonyl (C=O) groups is 1. The Bertz CT molecular complexity index is 1370. The number of carbonyl (C=O) groups excluding carboxylic acids is 1. The van der Waals surface area contributed by atoms with E-state index < -0.39 is 6.09 Å². The number of amides is 1. The molecule has 0 spiro atoms. The minimum absolute atomic E-state index is 0.0454. The summed E-state index contributed by atoms with van der Waals surface area (Å²) in [6.07, 6.45) is 6.50. The van der Waals surface area contributed by atoms with E-state index in [1.54, 1.807) is 41.2 Å². The van der Waals surface area contributed by atoms with Crippen LogP contribution in [0.3, 0.4) is 0 Å². The number of hydrogen-bond acceptors (Lipinski definition) is 8. The Morgan fingerprint density at radius 1 is 1.11 bits per heavy atom. The van der Waals surface area contributed by atoms with Gasteiger partial charge in [-0.3, -0.25) is 9.67 Å². The Labute approximate surface area is 203 Å². The average Bonchev–Trinajstić information content (AvgIpc) is 3.25. The molecule has 1 aromatic carbocycles. The molecular formula is C25H27N7O3. The van der Waals surface area contributed by atoms with Crippen LogP contribution in [0.15, 0.2) is 49.2 Å². The number of likely N-dealkylation sites (N-methyl/N-ethyl adjacent to an activating group) is 1. The molecule has 4 heterocycles. The van der Waals surface area contributed by atoms with Crippen molar-refractivity contribution in [2.45, 2.75) is 13.0 Å². The van der Waals surface area contributed by atoms with Crippen molar-refractivity contribution in [3.63, 3.8) is 0 Å². The van der Waals surface area contributed by atoms with Crippen LogP contribution >= 0.6 is 0 Å². The van der Waals surface area contributed by atoms with Gasteiger partial charge in [-0.1, -0.05) is 0 Å². The Hall–Kier alpha value is -4.05. The molecule has 180 valence electrons. The summed E-state index contributed by atoms with van der Waals surface area (Å²) < 4.78 is 13.1. The molecule has 1 aliphatic heterocycles. The van der Waals surface area contributed by atoms with Crippen molar-refractivity contribution in [1.82, 2.24) is 34.5 Å². The highest BCUT2D eigenvalue weighted by Crippen LogP contribution is 2.38. The second-order valence-electron chi connectivity index (χ2n) is 8.72. The molecule has 4 aromatic rings. The molecule has 1 atom stereocenters. The molecule has 0 bridgehead atoms. The molecule has 1 saturated heterocycles. The van der Waals surface area contributed by atoms with Crippen LogP contribution in [0, 0.1) is 0 Å². The summed E-state index contributed by atoms with van der Waals surface area (Å²) in [5.74, 6) is 0.745. The van der Waals surface area contributed by atoms with E-state index in [2.05, 4.69) is 25.0 Å². The van der Waals surface area contributed by atoms with Gasteiger partial charge in [0.05, 0.1) is 18.3 Å². The quantitative estimate of drug-likeness (QED) is 0.446. The van der Waals surface area contributed by atoms with Gasteiger partial charge in [0, 0.05) is 73.9 Å². The zero-order valence-electron chi connectivity index (χ0n) is 20.2. The van der Waals surface area contributed by atoms with Gasteiger partial charge < -0.3 is 19.3 Å². The first-order valence-electron chi connectivity index (χ1n) is 11.4. The maximum absolute atomic E-state index is 13.1. The first kappa shape index (κ1) is 22.7. The second-order valence-corrected chi connectivity index (χ2v) is 8.72. The Kier molecular flexibility index (Phi) is 6.04. The number of ether oxygens (including phenoxy) is 2. The normalized spacial score (nSPS) is 16.5. The zero-order chi connectivity index (χ0) is 24.5. The van der Waals surface area contributed by atoms with Crippen LogP contribution in [0.4, 0.5) is 4.79 Å². The monoisotopic (exact) mass is 473 g/mol. The smallest absolute Gasteiger partial charge is 0.415 e. The highest BCUT2D eigenvalue weighted by Gasteiger charge is 2.28. The first-order valence-corrected chi connectivity index (χ1v) is 11.4. The lowest BCUT2D eigenvalue weighted by atomic mass is 10.0. The lowest BCUT2D eigenvalue weighted by Crippen LogP contribution is -2.53. The maximum Gasteiger partial charge on any atom is 0.415 e. The predicted octanol–water partition coefficient (Wildman–Crippen LogP) is 3.24. The summed E-state index contributed by atoms with van der Waals surface area (Å²) in [7, 11) is 5.45. The SMILES string of the molecule is COc1cc2ncnc(-c3cn(C)nc3-c3cccnc3)c2cc1OC(=O)N1CCN(C)C[C@@H]1C. The number of fused-ring (bicyclic) bond motifs is 1. The first-order chi connectivity index (χ1) is 16.9. The third-order valence-electron chi connectivity index (χ3n) is 6.20. The maximum atomic E-state index is 13.1. The molecule has 3 aromatic heterocycles. The molecule has 0 saturated carbocycles. The van der Waals surface area contributed by atoms with Crippen LogP contribution in [0.2, 0.25) is 0 Å². The van der Waals surface area contributed by atoms with Gasteiger partial charge in [-0.25, -0.2) is 14.8 Å². The van der Waals surface area contributed by atoms with Gasteiger partial charge in [0.25, 0.3) is 0 Å². The fourth-order valence-electron chi connectivity index (χ4n) is 4.46. The van der Waals surface area contributed by atoms with Gasteiger partial charge in [0.1, 0.15) is 12.0 Å². The molecule has 1 amide bonds. The Morgan fingerprint density at radius 2 is 1.97 bits per heavy atom. The van der Waals surface area contributed by atoms with Crippen molar-refractivity contribution in [3.05, 3.63) is 49.2 Å². The number of methoxy groups -OCH3 is 1. The molecule has 0 radical (unpaired) electrons. The number of aromatic nitrogens is 5. The van der Waals surface area contributed by atoms with E-state index in [1.807, 2.05) is 39.3 Å². The van der Waals surface area contributed by atoms with Crippen molar-refractivity contribution >= 4 is 17.0 Å². The highest BCUT2D eigenvalue weighted by molar-refractivity contribution is 5.97. The summed E-state index contributed by atoms with van der Waals surface area (Å²) in [5.41, 5.74) is 3.79. The van der Waals surface area contributed by atoms with E-state index in [0.29, 0.717) is 29.3 Å². The number of aryl methyl sites for hydroxylation is 1. The number of benzene rings is 1. The molecule has 0 N–H and O–H groups in total. The van der Waals surface area contributed by atoms with E-state index in [1.165, 1.54) is 6.33 Å². The van der Waals surface area contributed by atoms with E-state index >= 15 is 0 Å². The third kappa shape index (κ3) is 4.40. The number of rotatable bonds is 4. The predicted molar refractivity (Wildman–Crippen MR) is 131 cm³/mol. The third-order valence-corrected chi connectivity index (χ3v) is 6.20. The standard InChI is InChI=1S/C25H27N7O3/c1-16-13-30(2)8-9-32(16)25(33)35-22-10-18-20(11-21(22)34-4)27-15-28-24(18)19-14-31(3)29-23(19)17-6-5-7-26-12-17/h5-7,10-12,14-16H,8-9,13H2,1-4H3/t16-/m0/s1. The molecule has 0 aliphatic carbocycles. The number of pyridine rings is 1. The van der Waals surface area contributed by atoms with Gasteiger partial charge in [0.15, 0.2) is 11.5 Å². The molecule has 0 unspecified atom stereocenters. The molecule has 1 fully saturated rings. The van der Waals surface area contributed by atoms with Crippen LogP contribution in [-0.4, -0.2) is 80.5 Å². The van der Waals surface area contributed by atoms with Gasteiger partial charge in [-0.15, -0.1) is 0 Å². The van der Waals surface area contributed by atoms with Gasteiger partial charge in [-0.2, -0.15) is 5.10 Å². The highest BCUT2D eigenvalue weighted by atomic mass is 16.6. The van der Waals surface area contributed by atoms with E-state index in [9.17, 15) is 4.79 Å². The summed E-state index contributed by atoms with van der Waals surface area (Å²) in [4.78, 5) is 30.2. The van der Waals surface area contributed by atoms with Crippen LogP contribution in [0.1, 0.15) is 6.92 Å².